The lowest BCUT2D eigenvalue weighted by molar-refractivity contribution is -0.136. The van der Waals surface area contributed by atoms with Gasteiger partial charge in [0.15, 0.2) is 0 Å². The molecule has 0 aliphatic carbocycles. The summed E-state index contributed by atoms with van der Waals surface area (Å²) in [4.78, 5) is 40.3. The average molecular weight is 431 g/mol. The first kappa shape index (κ1) is 19.8. The van der Waals surface area contributed by atoms with Gasteiger partial charge in [-0.15, -0.1) is 0 Å². The quantitative estimate of drug-likeness (QED) is 0.660. The molecule has 0 N–H and O–H groups in total. The molecule has 2 aliphatic heterocycles. The Morgan fingerprint density at radius 3 is 2.69 bits per heavy atom. The second-order valence-electron chi connectivity index (χ2n) is 6.92. The first-order valence-electron chi connectivity index (χ1n) is 9.40. The maximum Gasteiger partial charge on any atom is 0.294 e. The number of amides is 3. The molecule has 4 rings (SSSR count). The Morgan fingerprint density at radius 2 is 1.93 bits per heavy atom. The van der Waals surface area contributed by atoms with Crippen LogP contribution in [0.4, 0.5) is 4.79 Å². The molecule has 0 unspecified atom stereocenters. The SMILES string of the molecule is O=C(CN1C(=O)S/C(=C\c2ccc(-c3cccc(Cl)c3)o2)C1=O)N1CCCCC1. The van der Waals surface area contributed by atoms with Gasteiger partial charge in [-0.1, -0.05) is 23.7 Å². The van der Waals surface area contributed by atoms with Crippen LogP contribution < -0.4 is 0 Å². The van der Waals surface area contributed by atoms with Crippen LogP contribution >= 0.6 is 23.4 Å². The molecule has 29 heavy (non-hydrogen) atoms. The van der Waals surface area contributed by atoms with Gasteiger partial charge in [-0.2, -0.15) is 0 Å². The number of nitrogens with zero attached hydrogens (tertiary/aromatic N) is 2. The van der Waals surface area contributed by atoms with E-state index < -0.39 is 11.1 Å². The van der Waals surface area contributed by atoms with Crippen LogP contribution in [0.3, 0.4) is 0 Å². The topological polar surface area (TPSA) is 70.8 Å². The third kappa shape index (κ3) is 4.41. The number of piperidine rings is 1. The molecule has 6 nitrogen and oxygen atoms in total. The van der Waals surface area contributed by atoms with Gasteiger partial charge >= 0.3 is 0 Å². The third-order valence-corrected chi connectivity index (χ3v) is 6.03. The zero-order chi connectivity index (χ0) is 20.4. The van der Waals surface area contributed by atoms with E-state index in [4.69, 9.17) is 16.0 Å². The van der Waals surface area contributed by atoms with Gasteiger partial charge in [0, 0.05) is 29.8 Å². The van der Waals surface area contributed by atoms with Crippen molar-refractivity contribution in [3.8, 4) is 11.3 Å². The van der Waals surface area contributed by atoms with Crippen molar-refractivity contribution in [2.24, 2.45) is 0 Å². The molecule has 2 saturated heterocycles. The van der Waals surface area contributed by atoms with Gasteiger partial charge in [0.05, 0.1) is 4.91 Å². The fourth-order valence-corrected chi connectivity index (χ4v) is 4.38. The van der Waals surface area contributed by atoms with Crippen LogP contribution in [-0.2, 0) is 9.59 Å². The lowest BCUT2D eigenvalue weighted by Gasteiger charge is -2.27. The first-order chi connectivity index (χ1) is 14.0. The Morgan fingerprint density at radius 1 is 1.14 bits per heavy atom. The van der Waals surface area contributed by atoms with E-state index in [1.807, 2.05) is 12.1 Å². The minimum Gasteiger partial charge on any atom is -0.457 e. The Bertz CT molecular complexity index is 994. The molecular formula is C21H19ClN2O4S. The van der Waals surface area contributed by atoms with Gasteiger partial charge in [-0.25, -0.2) is 0 Å². The lowest BCUT2D eigenvalue weighted by Crippen LogP contribution is -2.44. The molecule has 0 saturated carbocycles. The lowest BCUT2D eigenvalue weighted by atomic mass is 10.1. The number of hydrogen-bond donors (Lipinski definition) is 0. The molecule has 1 aromatic heterocycles. The van der Waals surface area contributed by atoms with Gasteiger partial charge in [-0.05, 0) is 55.3 Å². The summed E-state index contributed by atoms with van der Waals surface area (Å²) >= 11 is 6.83. The number of carbonyl (C=O) groups excluding carboxylic acids is 3. The standard InChI is InChI=1S/C21H19ClN2O4S/c22-15-6-4-5-14(11-15)17-8-7-16(28-17)12-18-20(26)24(21(27)29-18)13-19(25)23-9-2-1-3-10-23/h4-8,11-12H,1-3,9-10,13H2/b18-12-. The van der Waals surface area contributed by atoms with E-state index in [-0.39, 0.29) is 17.4 Å². The van der Waals surface area contributed by atoms with Crippen LogP contribution in [0.15, 0.2) is 45.7 Å². The van der Waals surface area contributed by atoms with Crippen molar-refractivity contribution in [3.05, 3.63) is 52.1 Å². The largest absolute Gasteiger partial charge is 0.457 e. The molecule has 3 amide bonds. The highest BCUT2D eigenvalue weighted by Gasteiger charge is 2.37. The van der Waals surface area contributed by atoms with Crippen molar-refractivity contribution < 1.29 is 18.8 Å². The minimum atomic E-state index is -0.467. The van der Waals surface area contributed by atoms with Crippen molar-refractivity contribution in [2.75, 3.05) is 19.6 Å². The Balaban J connectivity index is 1.47. The van der Waals surface area contributed by atoms with Crippen LogP contribution in [0.5, 0.6) is 0 Å². The van der Waals surface area contributed by atoms with E-state index in [0.717, 1.165) is 41.5 Å². The molecule has 1 aromatic carbocycles. The normalized spacial score (nSPS) is 18.7. The average Bonchev–Trinajstić information content (AvgIpc) is 3.29. The minimum absolute atomic E-state index is 0.186. The van der Waals surface area contributed by atoms with E-state index in [1.54, 1.807) is 29.2 Å². The number of likely N-dealkylation sites (tertiary alicyclic amines) is 1. The zero-order valence-electron chi connectivity index (χ0n) is 15.6. The Kier molecular flexibility index (Phi) is 5.78. The molecular weight excluding hydrogens is 412 g/mol. The smallest absolute Gasteiger partial charge is 0.294 e. The summed E-state index contributed by atoms with van der Waals surface area (Å²) < 4.78 is 5.78. The van der Waals surface area contributed by atoms with Crippen molar-refractivity contribution in [1.29, 1.82) is 0 Å². The highest BCUT2D eigenvalue weighted by atomic mass is 35.5. The summed E-state index contributed by atoms with van der Waals surface area (Å²) in [7, 11) is 0. The molecule has 2 fully saturated rings. The number of rotatable bonds is 4. The summed E-state index contributed by atoms with van der Waals surface area (Å²) in [5, 5.41) is 0.160. The second-order valence-corrected chi connectivity index (χ2v) is 8.35. The highest BCUT2D eigenvalue weighted by Crippen LogP contribution is 2.33. The third-order valence-electron chi connectivity index (χ3n) is 4.89. The zero-order valence-corrected chi connectivity index (χ0v) is 17.2. The highest BCUT2D eigenvalue weighted by molar-refractivity contribution is 8.18. The summed E-state index contributed by atoms with van der Waals surface area (Å²) in [6.45, 7) is 1.15. The molecule has 150 valence electrons. The molecule has 2 aliphatic rings. The fourth-order valence-electron chi connectivity index (χ4n) is 3.37. The molecule has 8 heteroatoms. The number of halogens is 1. The van der Waals surface area contributed by atoms with Gasteiger partial charge in [0.1, 0.15) is 18.1 Å². The van der Waals surface area contributed by atoms with Crippen LogP contribution in [0.25, 0.3) is 17.4 Å². The summed E-state index contributed by atoms with van der Waals surface area (Å²) in [6, 6.07) is 10.8. The number of imide groups is 1. The first-order valence-corrected chi connectivity index (χ1v) is 10.6. The van der Waals surface area contributed by atoms with E-state index >= 15 is 0 Å². The number of carbonyl (C=O) groups is 3. The van der Waals surface area contributed by atoms with E-state index in [2.05, 4.69) is 0 Å². The van der Waals surface area contributed by atoms with Crippen LogP contribution in [-0.4, -0.2) is 46.5 Å². The van der Waals surface area contributed by atoms with Crippen molar-refractivity contribution in [1.82, 2.24) is 9.80 Å². The second kappa shape index (κ2) is 8.47. The molecule has 0 bridgehead atoms. The van der Waals surface area contributed by atoms with Gasteiger partial charge in [0.25, 0.3) is 11.1 Å². The Hall–Kier alpha value is -2.51. The summed E-state index contributed by atoms with van der Waals surface area (Å²) in [5.41, 5.74) is 0.817. The van der Waals surface area contributed by atoms with Crippen LogP contribution in [0, 0.1) is 0 Å². The van der Waals surface area contributed by atoms with E-state index in [9.17, 15) is 14.4 Å². The number of hydrogen-bond acceptors (Lipinski definition) is 5. The Labute approximate surface area is 177 Å². The van der Waals surface area contributed by atoms with Crippen molar-refractivity contribution in [2.45, 2.75) is 19.3 Å². The number of benzene rings is 1. The maximum absolute atomic E-state index is 12.6. The number of furan rings is 1. The van der Waals surface area contributed by atoms with Gasteiger partial charge in [-0.3, -0.25) is 19.3 Å². The van der Waals surface area contributed by atoms with Crippen molar-refractivity contribution in [3.63, 3.8) is 0 Å². The fraction of sp³-hybridized carbons (Fsp3) is 0.286. The molecule has 3 heterocycles. The predicted molar refractivity (Wildman–Crippen MR) is 112 cm³/mol. The molecule has 0 radical (unpaired) electrons. The van der Waals surface area contributed by atoms with Crippen molar-refractivity contribution >= 4 is 46.5 Å². The monoisotopic (exact) mass is 430 g/mol. The van der Waals surface area contributed by atoms with Gasteiger partial charge < -0.3 is 9.32 Å². The summed E-state index contributed by atoms with van der Waals surface area (Å²) in [5.74, 6) is 0.409. The molecule has 0 spiro atoms. The number of thioether (sulfide) groups is 1. The van der Waals surface area contributed by atoms with E-state index in [1.165, 1.54) is 6.08 Å². The predicted octanol–water partition coefficient (Wildman–Crippen LogP) is 4.65. The molecule has 0 atom stereocenters. The van der Waals surface area contributed by atoms with E-state index in [0.29, 0.717) is 29.6 Å². The maximum atomic E-state index is 12.6. The van der Waals surface area contributed by atoms with Gasteiger partial charge in [0.2, 0.25) is 5.91 Å². The summed E-state index contributed by atoms with van der Waals surface area (Å²) in [6.07, 6.45) is 4.56. The molecule has 2 aromatic rings. The van der Waals surface area contributed by atoms with Crippen LogP contribution in [0.1, 0.15) is 25.0 Å². The van der Waals surface area contributed by atoms with Crippen LogP contribution in [0.2, 0.25) is 5.02 Å².